The van der Waals surface area contributed by atoms with Crippen LogP contribution in [0.25, 0.3) is 11.3 Å². The monoisotopic (exact) mass is 385 g/mol. The fraction of sp³-hybridized carbons (Fsp3) is 0.350. The normalized spacial score (nSPS) is 15.1. The summed E-state index contributed by atoms with van der Waals surface area (Å²) in [5.41, 5.74) is 1.87. The van der Waals surface area contributed by atoms with Crippen molar-refractivity contribution in [3.63, 3.8) is 0 Å². The summed E-state index contributed by atoms with van der Waals surface area (Å²) in [6, 6.07) is 10.3. The molecule has 1 fully saturated rings. The summed E-state index contributed by atoms with van der Waals surface area (Å²) >= 11 is 1.80. The summed E-state index contributed by atoms with van der Waals surface area (Å²) < 4.78 is 10.9. The Morgan fingerprint density at radius 3 is 2.89 bits per heavy atom. The van der Waals surface area contributed by atoms with Crippen molar-refractivity contribution in [2.75, 3.05) is 30.4 Å². The summed E-state index contributed by atoms with van der Waals surface area (Å²) in [7, 11) is 1.65. The lowest BCUT2D eigenvalue weighted by Gasteiger charge is -2.30. The van der Waals surface area contributed by atoms with Crippen LogP contribution in [0.15, 0.2) is 47.3 Å². The standard InChI is InChI=1S/C20H23N3O3S/c1-25-18-10-14(2-4-17(18)19-12-21-13-26-19)22-11-16-3-5-20(27-16)23-8-6-15(24)7-9-23/h2-5,10,12-13,15,22,24H,6-9,11H2,1H3. The van der Waals surface area contributed by atoms with Gasteiger partial charge in [0.2, 0.25) is 0 Å². The van der Waals surface area contributed by atoms with E-state index < -0.39 is 0 Å². The van der Waals surface area contributed by atoms with Gasteiger partial charge < -0.3 is 24.5 Å². The number of hydrogen-bond donors (Lipinski definition) is 2. The highest BCUT2D eigenvalue weighted by Crippen LogP contribution is 2.33. The molecule has 2 aromatic heterocycles. The van der Waals surface area contributed by atoms with Gasteiger partial charge in [-0.05, 0) is 37.1 Å². The highest BCUT2D eigenvalue weighted by atomic mass is 32.1. The van der Waals surface area contributed by atoms with Gasteiger partial charge in [0.1, 0.15) is 5.75 Å². The first-order valence-electron chi connectivity index (χ1n) is 9.05. The largest absolute Gasteiger partial charge is 0.496 e. The summed E-state index contributed by atoms with van der Waals surface area (Å²) in [5, 5.41) is 14.4. The van der Waals surface area contributed by atoms with Gasteiger partial charge in [-0.15, -0.1) is 11.3 Å². The Balaban J connectivity index is 1.40. The van der Waals surface area contributed by atoms with E-state index in [2.05, 4.69) is 27.3 Å². The SMILES string of the molecule is COc1cc(NCc2ccc(N3CCC(O)CC3)s2)ccc1-c1cnco1. The molecule has 0 aliphatic carbocycles. The third-order valence-electron chi connectivity index (χ3n) is 4.79. The number of anilines is 2. The van der Waals surface area contributed by atoms with E-state index in [0.717, 1.165) is 49.5 Å². The summed E-state index contributed by atoms with van der Waals surface area (Å²) in [5.74, 6) is 1.43. The molecule has 6 nitrogen and oxygen atoms in total. The molecule has 3 heterocycles. The van der Waals surface area contributed by atoms with Crippen molar-refractivity contribution >= 4 is 22.0 Å². The molecule has 1 aliphatic rings. The average Bonchev–Trinajstić information content (AvgIpc) is 3.39. The zero-order valence-corrected chi connectivity index (χ0v) is 16.0. The molecule has 0 spiro atoms. The van der Waals surface area contributed by atoms with Crippen LogP contribution in [0.3, 0.4) is 0 Å². The van der Waals surface area contributed by atoms with E-state index in [1.807, 2.05) is 18.2 Å². The number of oxazole rings is 1. The van der Waals surface area contributed by atoms with Crippen molar-refractivity contribution in [3.05, 3.63) is 47.8 Å². The maximum Gasteiger partial charge on any atom is 0.181 e. The molecule has 0 saturated carbocycles. The Labute approximate surface area is 162 Å². The van der Waals surface area contributed by atoms with Crippen LogP contribution >= 0.6 is 11.3 Å². The van der Waals surface area contributed by atoms with Crippen molar-refractivity contribution in [2.24, 2.45) is 0 Å². The second-order valence-electron chi connectivity index (χ2n) is 6.59. The number of hydrogen-bond acceptors (Lipinski definition) is 7. The first kappa shape index (κ1) is 17.9. The van der Waals surface area contributed by atoms with E-state index in [1.165, 1.54) is 16.3 Å². The molecular weight excluding hydrogens is 362 g/mol. The number of nitrogens with zero attached hydrogens (tertiary/aromatic N) is 2. The number of rotatable bonds is 6. The van der Waals surface area contributed by atoms with E-state index in [4.69, 9.17) is 9.15 Å². The Hall–Kier alpha value is -2.51. The van der Waals surface area contributed by atoms with E-state index in [0.29, 0.717) is 5.76 Å². The molecule has 4 rings (SSSR count). The first-order chi connectivity index (χ1) is 13.2. The van der Waals surface area contributed by atoms with Crippen LogP contribution in [-0.2, 0) is 6.54 Å². The topological polar surface area (TPSA) is 70.8 Å². The smallest absolute Gasteiger partial charge is 0.181 e. The van der Waals surface area contributed by atoms with Crippen LogP contribution in [-0.4, -0.2) is 36.4 Å². The maximum atomic E-state index is 9.66. The molecule has 0 bridgehead atoms. The molecule has 2 N–H and O–H groups in total. The van der Waals surface area contributed by atoms with Crippen LogP contribution in [0.1, 0.15) is 17.7 Å². The Morgan fingerprint density at radius 2 is 2.15 bits per heavy atom. The summed E-state index contributed by atoms with van der Waals surface area (Å²) in [4.78, 5) is 7.59. The molecule has 1 aromatic carbocycles. The summed E-state index contributed by atoms with van der Waals surface area (Å²) in [6.07, 6.45) is 4.65. The number of methoxy groups -OCH3 is 1. The second-order valence-corrected chi connectivity index (χ2v) is 7.74. The Kier molecular flexibility index (Phi) is 5.31. The third-order valence-corrected chi connectivity index (χ3v) is 5.94. The van der Waals surface area contributed by atoms with Crippen LogP contribution in [0, 0.1) is 0 Å². The zero-order chi connectivity index (χ0) is 18.6. The minimum atomic E-state index is -0.141. The third kappa shape index (κ3) is 4.09. The zero-order valence-electron chi connectivity index (χ0n) is 15.2. The Morgan fingerprint density at radius 1 is 1.30 bits per heavy atom. The number of thiophene rings is 1. The van der Waals surface area contributed by atoms with E-state index in [9.17, 15) is 5.11 Å². The van der Waals surface area contributed by atoms with E-state index in [1.54, 1.807) is 24.6 Å². The number of ether oxygens (including phenoxy) is 1. The molecule has 7 heteroatoms. The van der Waals surface area contributed by atoms with Gasteiger partial charge in [-0.3, -0.25) is 0 Å². The predicted octanol–water partition coefficient (Wildman–Crippen LogP) is 3.98. The number of piperidine rings is 1. The molecule has 0 atom stereocenters. The minimum Gasteiger partial charge on any atom is -0.496 e. The van der Waals surface area contributed by atoms with Crippen molar-refractivity contribution in [3.8, 4) is 17.1 Å². The number of nitrogens with one attached hydrogen (secondary N) is 1. The van der Waals surface area contributed by atoms with Crippen LogP contribution in [0.4, 0.5) is 10.7 Å². The van der Waals surface area contributed by atoms with E-state index in [-0.39, 0.29) is 6.10 Å². The number of aliphatic hydroxyl groups excluding tert-OH is 1. The fourth-order valence-electron chi connectivity index (χ4n) is 3.26. The molecule has 0 radical (unpaired) electrons. The van der Waals surface area contributed by atoms with Gasteiger partial charge in [-0.25, -0.2) is 4.98 Å². The van der Waals surface area contributed by atoms with Crippen molar-refractivity contribution in [2.45, 2.75) is 25.5 Å². The first-order valence-corrected chi connectivity index (χ1v) is 9.87. The van der Waals surface area contributed by atoms with Crippen LogP contribution in [0.5, 0.6) is 5.75 Å². The molecule has 1 saturated heterocycles. The van der Waals surface area contributed by atoms with Crippen molar-refractivity contribution in [1.29, 1.82) is 0 Å². The highest BCUT2D eigenvalue weighted by Gasteiger charge is 2.18. The molecule has 0 amide bonds. The second kappa shape index (κ2) is 8.02. The van der Waals surface area contributed by atoms with Crippen molar-refractivity contribution < 1.29 is 14.3 Å². The minimum absolute atomic E-state index is 0.141. The number of aromatic nitrogens is 1. The number of aliphatic hydroxyl groups is 1. The molecule has 0 unspecified atom stereocenters. The average molecular weight is 385 g/mol. The maximum absolute atomic E-state index is 9.66. The highest BCUT2D eigenvalue weighted by molar-refractivity contribution is 7.16. The molecule has 142 valence electrons. The Bertz CT molecular complexity index is 870. The lowest BCUT2D eigenvalue weighted by atomic mass is 10.1. The fourth-order valence-corrected chi connectivity index (χ4v) is 4.26. The van der Waals surface area contributed by atoms with Crippen LogP contribution < -0.4 is 15.0 Å². The molecular formula is C20H23N3O3S. The lowest BCUT2D eigenvalue weighted by molar-refractivity contribution is 0.145. The quantitative estimate of drug-likeness (QED) is 0.669. The summed E-state index contributed by atoms with van der Waals surface area (Å²) in [6.45, 7) is 2.61. The van der Waals surface area contributed by atoms with Crippen LogP contribution in [0.2, 0.25) is 0 Å². The van der Waals surface area contributed by atoms with Gasteiger partial charge in [0.15, 0.2) is 12.2 Å². The van der Waals surface area contributed by atoms with E-state index >= 15 is 0 Å². The molecule has 1 aliphatic heterocycles. The van der Waals surface area contributed by atoms with Gasteiger partial charge in [0.25, 0.3) is 0 Å². The predicted molar refractivity (Wildman–Crippen MR) is 108 cm³/mol. The van der Waals surface area contributed by atoms with Crippen molar-refractivity contribution in [1.82, 2.24) is 4.98 Å². The van der Waals surface area contributed by atoms with Gasteiger partial charge in [-0.1, -0.05) is 0 Å². The van der Waals surface area contributed by atoms with Gasteiger partial charge in [-0.2, -0.15) is 0 Å². The van der Waals surface area contributed by atoms with Gasteiger partial charge in [0, 0.05) is 36.3 Å². The molecule has 3 aromatic rings. The number of benzene rings is 1. The van der Waals surface area contributed by atoms with Gasteiger partial charge >= 0.3 is 0 Å². The lowest BCUT2D eigenvalue weighted by Crippen LogP contribution is -2.35. The molecule has 27 heavy (non-hydrogen) atoms. The van der Waals surface area contributed by atoms with Gasteiger partial charge in [0.05, 0.1) is 30.0 Å².